The SMILES string of the molecule is O=C(/C=C/c1ccccc1Cl)NOCC(F)(F)F. The molecule has 1 aromatic carbocycles. The fourth-order valence-electron chi connectivity index (χ4n) is 0.999. The molecule has 1 amide bonds. The Morgan fingerprint density at radius 2 is 2.06 bits per heavy atom. The van der Waals surface area contributed by atoms with E-state index in [9.17, 15) is 18.0 Å². The zero-order valence-electron chi connectivity index (χ0n) is 9.00. The zero-order valence-corrected chi connectivity index (χ0v) is 9.76. The minimum Gasteiger partial charge on any atom is -0.268 e. The van der Waals surface area contributed by atoms with Crippen molar-refractivity contribution in [1.29, 1.82) is 0 Å². The van der Waals surface area contributed by atoms with Gasteiger partial charge in [-0.3, -0.25) is 9.63 Å². The van der Waals surface area contributed by atoms with Crippen LogP contribution in [0.1, 0.15) is 5.56 Å². The Hall–Kier alpha value is -1.53. The van der Waals surface area contributed by atoms with Gasteiger partial charge < -0.3 is 0 Å². The van der Waals surface area contributed by atoms with Gasteiger partial charge in [0.25, 0.3) is 5.91 Å². The number of amides is 1. The number of alkyl halides is 3. The molecule has 0 saturated carbocycles. The van der Waals surface area contributed by atoms with Crippen LogP contribution in [0.3, 0.4) is 0 Å². The monoisotopic (exact) mass is 279 g/mol. The van der Waals surface area contributed by atoms with Gasteiger partial charge in [-0.05, 0) is 17.7 Å². The number of carbonyl (C=O) groups is 1. The van der Waals surface area contributed by atoms with Crippen molar-refractivity contribution in [1.82, 2.24) is 5.48 Å². The second-order valence-electron chi connectivity index (χ2n) is 3.23. The number of hydrogen-bond acceptors (Lipinski definition) is 2. The number of hydroxylamine groups is 1. The molecule has 0 aliphatic rings. The molecule has 1 aromatic rings. The topological polar surface area (TPSA) is 38.3 Å². The highest BCUT2D eigenvalue weighted by Crippen LogP contribution is 2.16. The average Bonchev–Trinajstić information content (AvgIpc) is 2.26. The van der Waals surface area contributed by atoms with Crippen molar-refractivity contribution >= 4 is 23.6 Å². The van der Waals surface area contributed by atoms with Crippen LogP contribution < -0.4 is 5.48 Å². The molecule has 18 heavy (non-hydrogen) atoms. The van der Waals surface area contributed by atoms with Gasteiger partial charge in [0.2, 0.25) is 0 Å². The molecule has 7 heteroatoms. The lowest BCUT2D eigenvalue weighted by atomic mass is 10.2. The molecule has 0 unspecified atom stereocenters. The third-order valence-electron chi connectivity index (χ3n) is 1.73. The fraction of sp³-hybridized carbons (Fsp3) is 0.182. The Morgan fingerprint density at radius 1 is 1.39 bits per heavy atom. The minimum atomic E-state index is -4.49. The number of nitrogens with one attached hydrogen (secondary N) is 1. The van der Waals surface area contributed by atoms with Crippen LogP contribution in [0.4, 0.5) is 13.2 Å². The van der Waals surface area contributed by atoms with Gasteiger partial charge in [-0.25, -0.2) is 5.48 Å². The maximum atomic E-state index is 11.7. The van der Waals surface area contributed by atoms with Gasteiger partial charge in [-0.15, -0.1) is 0 Å². The zero-order chi connectivity index (χ0) is 13.6. The molecule has 1 N–H and O–H groups in total. The lowest BCUT2D eigenvalue weighted by molar-refractivity contribution is -0.190. The Balaban J connectivity index is 2.43. The first-order valence-corrected chi connectivity index (χ1v) is 5.17. The summed E-state index contributed by atoms with van der Waals surface area (Å²) in [6.07, 6.45) is -2.09. The van der Waals surface area contributed by atoms with Crippen LogP contribution in [0, 0.1) is 0 Å². The van der Waals surface area contributed by atoms with Crippen LogP contribution in [0.2, 0.25) is 5.02 Å². The van der Waals surface area contributed by atoms with E-state index < -0.39 is 18.7 Å². The molecule has 0 atom stereocenters. The molecular weight excluding hydrogens is 271 g/mol. The van der Waals surface area contributed by atoms with Crippen molar-refractivity contribution in [2.24, 2.45) is 0 Å². The van der Waals surface area contributed by atoms with E-state index in [1.54, 1.807) is 29.7 Å². The quantitative estimate of drug-likeness (QED) is 0.680. The maximum Gasteiger partial charge on any atom is 0.414 e. The molecule has 0 heterocycles. The van der Waals surface area contributed by atoms with Gasteiger partial charge in [0.15, 0.2) is 6.61 Å². The van der Waals surface area contributed by atoms with E-state index in [1.165, 1.54) is 6.08 Å². The summed E-state index contributed by atoms with van der Waals surface area (Å²) in [5, 5.41) is 0.428. The van der Waals surface area contributed by atoms with Crippen molar-refractivity contribution in [2.75, 3.05) is 6.61 Å². The van der Waals surface area contributed by atoms with Gasteiger partial charge in [0, 0.05) is 11.1 Å². The highest BCUT2D eigenvalue weighted by molar-refractivity contribution is 6.32. The summed E-state index contributed by atoms with van der Waals surface area (Å²) in [6.45, 7) is -1.54. The summed E-state index contributed by atoms with van der Waals surface area (Å²) in [4.78, 5) is 15.0. The van der Waals surface area contributed by atoms with Crippen LogP contribution >= 0.6 is 11.6 Å². The average molecular weight is 280 g/mol. The van der Waals surface area contributed by atoms with Crippen molar-refractivity contribution in [3.8, 4) is 0 Å². The van der Waals surface area contributed by atoms with Crippen LogP contribution in [0.15, 0.2) is 30.3 Å². The molecule has 98 valence electrons. The summed E-state index contributed by atoms with van der Waals surface area (Å²) in [5.41, 5.74) is 2.21. The smallest absolute Gasteiger partial charge is 0.268 e. The molecule has 0 aromatic heterocycles. The Morgan fingerprint density at radius 3 is 2.67 bits per heavy atom. The maximum absolute atomic E-state index is 11.7. The van der Waals surface area contributed by atoms with Gasteiger partial charge in [0.05, 0.1) is 0 Å². The van der Waals surface area contributed by atoms with Crippen LogP contribution in [-0.4, -0.2) is 18.7 Å². The predicted octanol–water partition coefficient (Wildman–Crippen LogP) is 2.96. The van der Waals surface area contributed by atoms with Gasteiger partial charge in [0.1, 0.15) is 0 Å². The molecule has 0 radical (unpaired) electrons. The van der Waals surface area contributed by atoms with Crippen LogP contribution in [0.25, 0.3) is 6.08 Å². The number of rotatable bonds is 4. The first-order chi connectivity index (χ1) is 8.38. The molecule has 0 saturated heterocycles. The van der Waals surface area contributed by atoms with E-state index in [2.05, 4.69) is 4.84 Å². The van der Waals surface area contributed by atoms with E-state index in [4.69, 9.17) is 11.6 Å². The van der Waals surface area contributed by atoms with Gasteiger partial charge >= 0.3 is 6.18 Å². The van der Waals surface area contributed by atoms with Crippen LogP contribution in [-0.2, 0) is 9.63 Å². The summed E-state index contributed by atoms with van der Waals surface area (Å²) in [6, 6.07) is 6.71. The van der Waals surface area contributed by atoms with Crippen LogP contribution in [0.5, 0.6) is 0 Å². The Bertz CT molecular complexity index is 446. The molecule has 0 fully saturated rings. The summed E-state index contributed by atoms with van der Waals surface area (Å²) in [5.74, 6) is -0.806. The third-order valence-corrected chi connectivity index (χ3v) is 2.07. The normalized spacial score (nSPS) is 11.8. The molecular formula is C11H9ClF3NO2. The number of carbonyl (C=O) groups excluding carboxylic acids is 1. The highest BCUT2D eigenvalue weighted by atomic mass is 35.5. The number of hydrogen-bond donors (Lipinski definition) is 1. The predicted molar refractivity (Wildman–Crippen MR) is 60.6 cm³/mol. The second kappa shape index (κ2) is 6.42. The summed E-state index contributed by atoms with van der Waals surface area (Å²) in [7, 11) is 0. The standard InChI is InChI=1S/C11H9ClF3NO2/c12-9-4-2-1-3-8(9)5-6-10(17)16-18-7-11(13,14)15/h1-6H,7H2,(H,16,17)/b6-5+. The van der Waals surface area contributed by atoms with Crippen molar-refractivity contribution in [3.05, 3.63) is 40.9 Å². The fourth-order valence-corrected chi connectivity index (χ4v) is 1.20. The van der Waals surface area contributed by atoms with Crippen molar-refractivity contribution in [3.63, 3.8) is 0 Å². The lowest BCUT2D eigenvalue weighted by Crippen LogP contribution is -2.28. The molecule has 0 bridgehead atoms. The number of benzene rings is 1. The van der Waals surface area contributed by atoms with Gasteiger partial charge in [-0.2, -0.15) is 13.2 Å². The first kappa shape index (κ1) is 14.5. The third kappa shape index (κ3) is 5.70. The van der Waals surface area contributed by atoms with E-state index in [-0.39, 0.29) is 0 Å². The highest BCUT2D eigenvalue weighted by Gasteiger charge is 2.28. The molecule has 3 nitrogen and oxygen atoms in total. The van der Waals surface area contributed by atoms with Crippen molar-refractivity contribution in [2.45, 2.75) is 6.18 Å². The first-order valence-electron chi connectivity index (χ1n) is 4.79. The Labute approximate surface area is 106 Å². The molecule has 0 spiro atoms. The summed E-state index contributed by atoms with van der Waals surface area (Å²) >= 11 is 5.81. The second-order valence-corrected chi connectivity index (χ2v) is 3.63. The van der Waals surface area contributed by atoms with E-state index in [0.29, 0.717) is 10.6 Å². The van der Waals surface area contributed by atoms with E-state index in [0.717, 1.165) is 6.08 Å². The molecule has 0 aliphatic carbocycles. The van der Waals surface area contributed by atoms with Gasteiger partial charge in [-0.1, -0.05) is 29.8 Å². The molecule has 1 rings (SSSR count). The van der Waals surface area contributed by atoms with E-state index in [1.807, 2.05) is 0 Å². The number of halogens is 4. The lowest BCUT2D eigenvalue weighted by Gasteiger charge is -2.06. The molecule has 0 aliphatic heterocycles. The summed E-state index contributed by atoms with van der Waals surface area (Å²) < 4.78 is 35.1. The minimum absolute atomic E-state index is 0.428. The van der Waals surface area contributed by atoms with E-state index >= 15 is 0 Å². The Kier molecular flexibility index (Phi) is 5.18. The van der Waals surface area contributed by atoms with Crippen molar-refractivity contribution < 1.29 is 22.8 Å². The largest absolute Gasteiger partial charge is 0.414 e.